The van der Waals surface area contributed by atoms with E-state index >= 15 is 0 Å². The van der Waals surface area contributed by atoms with Gasteiger partial charge in [-0.05, 0) is 49.7 Å². The van der Waals surface area contributed by atoms with Crippen LogP contribution in [0.5, 0.6) is 11.5 Å². The lowest BCUT2D eigenvalue weighted by Gasteiger charge is -2.33. The molecule has 0 radical (unpaired) electrons. The topological polar surface area (TPSA) is 78.7 Å². The van der Waals surface area contributed by atoms with Gasteiger partial charge in [0, 0.05) is 44.0 Å². The molecule has 158 valence electrons. The van der Waals surface area contributed by atoms with Crippen LogP contribution in [0.25, 0.3) is 0 Å². The molecule has 2 aromatic rings. The summed E-state index contributed by atoms with van der Waals surface area (Å²) in [6, 6.07) is 11.2. The van der Waals surface area contributed by atoms with E-state index < -0.39 is 0 Å². The largest absolute Gasteiger partial charge is 0.493 e. The van der Waals surface area contributed by atoms with E-state index in [-0.39, 0.29) is 11.8 Å². The van der Waals surface area contributed by atoms with Crippen molar-refractivity contribution >= 4 is 5.91 Å². The van der Waals surface area contributed by atoms with Crippen LogP contribution < -0.4 is 9.47 Å². The first kappa shape index (κ1) is 21.6. The van der Waals surface area contributed by atoms with Crippen molar-refractivity contribution in [2.45, 2.75) is 19.4 Å². The molecule has 3 rings (SSSR count). The maximum Gasteiger partial charge on any atom is 0.236 e. The van der Waals surface area contributed by atoms with E-state index in [0.29, 0.717) is 43.3 Å². The summed E-state index contributed by atoms with van der Waals surface area (Å²) in [4.78, 5) is 20.8. The van der Waals surface area contributed by atoms with Crippen LogP contribution >= 0.6 is 0 Å². The van der Waals surface area contributed by atoms with Gasteiger partial charge in [0.2, 0.25) is 5.91 Å². The average Bonchev–Trinajstić information content (AvgIpc) is 2.78. The average molecular weight is 409 g/mol. The summed E-state index contributed by atoms with van der Waals surface area (Å²) >= 11 is 0. The molecule has 7 heteroatoms. The maximum absolute atomic E-state index is 12.8. The number of benzene rings is 1. The van der Waals surface area contributed by atoms with E-state index in [4.69, 9.17) is 14.7 Å². The van der Waals surface area contributed by atoms with Crippen molar-refractivity contribution in [3.05, 3.63) is 53.9 Å². The van der Waals surface area contributed by atoms with Gasteiger partial charge in [-0.25, -0.2) is 0 Å². The van der Waals surface area contributed by atoms with Crippen molar-refractivity contribution in [3.8, 4) is 17.6 Å². The van der Waals surface area contributed by atoms with Crippen LogP contribution in [0.3, 0.4) is 0 Å². The molecule has 1 fully saturated rings. The number of likely N-dealkylation sites (tertiary alicyclic amines) is 1. The first-order valence-electron chi connectivity index (χ1n) is 10.1. The normalized spacial score (nSPS) is 16.2. The van der Waals surface area contributed by atoms with Gasteiger partial charge in [0.05, 0.1) is 31.9 Å². The fourth-order valence-electron chi connectivity index (χ4n) is 3.68. The van der Waals surface area contributed by atoms with Gasteiger partial charge >= 0.3 is 0 Å². The Morgan fingerprint density at radius 3 is 2.83 bits per heavy atom. The second-order valence-corrected chi connectivity index (χ2v) is 7.66. The predicted molar refractivity (Wildman–Crippen MR) is 113 cm³/mol. The summed E-state index contributed by atoms with van der Waals surface area (Å²) in [5.41, 5.74) is 1.67. The van der Waals surface area contributed by atoms with Gasteiger partial charge in [-0.15, -0.1) is 0 Å². The number of nitrogens with zero attached hydrogens (tertiary/aromatic N) is 4. The molecule has 1 aliphatic rings. The fourth-order valence-corrected chi connectivity index (χ4v) is 3.68. The first-order valence-corrected chi connectivity index (χ1v) is 10.1. The molecule has 1 aromatic carbocycles. The Morgan fingerprint density at radius 2 is 2.10 bits per heavy atom. The molecular formula is C23H28N4O3. The van der Waals surface area contributed by atoms with Gasteiger partial charge in [-0.2, -0.15) is 5.26 Å². The van der Waals surface area contributed by atoms with Crippen LogP contribution in [0.1, 0.15) is 24.0 Å². The second-order valence-electron chi connectivity index (χ2n) is 7.66. The molecule has 0 saturated carbocycles. The smallest absolute Gasteiger partial charge is 0.236 e. The molecule has 1 unspecified atom stereocenters. The van der Waals surface area contributed by atoms with Gasteiger partial charge in [-0.1, -0.05) is 0 Å². The number of ether oxygens (including phenoxy) is 2. The molecule has 0 aliphatic carbocycles. The van der Waals surface area contributed by atoms with Crippen LogP contribution in [0, 0.1) is 17.2 Å². The molecule has 1 aliphatic heterocycles. The van der Waals surface area contributed by atoms with Crippen LogP contribution in [-0.4, -0.2) is 61.1 Å². The van der Waals surface area contributed by atoms with Crippen molar-refractivity contribution in [3.63, 3.8) is 0 Å². The van der Waals surface area contributed by atoms with Gasteiger partial charge < -0.3 is 14.4 Å². The highest BCUT2D eigenvalue weighted by molar-refractivity contribution is 5.78. The molecule has 2 heterocycles. The van der Waals surface area contributed by atoms with Gasteiger partial charge in [0.15, 0.2) is 11.5 Å². The molecule has 1 aromatic heterocycles. The molecule has 0 bridgehead atoms. The van der Waals surface area contributed by atoms with Crippen molar-refractivity contribution in [1.82, 2.24) is 14.8 Å². The number of pyridine rings is 1. The Labute approximate surface area is 177 Å². The number of hydrogen-bond donors (Lipinski definition) is 0. The fraction of sp³-hybridized carbons (Fsp3) is 0.435. The number of likely N-dealkylation sites (N-methyl/N-ethyl adjacent to an activating group) is 1. The number of hydrogen-bond acceptors (Lipinski definition) is 6. The van der Waals surface area contributed by atoms with Crippen molar-refractivity contribution in [1.29, 1.82) is 5.26 Å². The third-order valence-electron chi connectivity index (χ3n) is 5.25. The van der Waals surface area contributed by atoms with E-state index in [0.717, 1.165) is 24.9 Å². The number of amides is 1. The highest BCUT2D eigenvalue weighted by Crippen LogP contribution is 2.29. The Bertz CT molecular complexity index is 882. The van der Waals surface area contributed by atoms with E-state index in [9.17, 15) is 4.79 Å². The molecule has 30 heavy (non-hydrogen) atoms. The van der Waals surface area contributed by atoms with Gasteiger partial charge in [-0.3, -0.25) is 14.7 Å². The number of aromatic nitrogens is 1. The van der Waals surface area contributed by atoms with Crippen LogP contribution in [0.15, 0.2) is 42.7 Å². The monoisotopic (exact) mass is 408 g/mol. The minimum absolute atomic E-state index is 0.146. The van der Waals surface area contributed by atoms with Crippen LogP contribution in [0.4, 0.5) is 0 Å². The van der Waals surface area contributed by atoms with Crippen molar-refractivity contribution < 1.29 is 14.3 Å². The number of carbonyl (C=O) groups excluding carboxylic acids is 1. The molecule has 1 amide bonds. The SMILES string of the molecule is COc1cc(C#N)ccc1OCC1CCCN(C(=O)CN(C)Cc2ccncc2)C1. The Kier molecular flexibility index (Phi) is 7.63. The lowest BCUT2D eigenvalue weighted by Crippen LogP contribution is -2.45. The van der Waals surface area contributed by atoms with E-state index in [1.807, 2.05) is 29.0 Å². The summed E-state index contributed by atoms with van der Waals surface area (Å²) < 4.78 is 11.3. The number of carbonyl (C=O) groups is 1. The lowest BCUT2D eigenvalue weighted by molar-refractivity contribution is -0.134. The molecular weight excluding hydrogens is 380 g/mol. The number of methoxy groups -OCH3 is 1. The second kappa shape index (κ2) is 10.6. The summed E-state index contributed by atoms with van der Waals surface area (Å²) in [6.07, 6.45) is 5.53. The van der Waals surface area contributed by atoms with Crippen molar-refractivity contribution in [2.75, 3.05) is 40.4 Å². The van der Waals surface area contributed by atoms with E-state index in [2.05, 4.69) is 11.1 Å². The van der Waals surface area contributed by atoms with Crippen LogP contribution in [0.2, 0.25) is 0 Å². The zero-order valence-electron chi connectivity index (χ0n) is 17.6. The highest BCUT2D eigenvalue weighted by Gasteiger charge is 2.25. The minimum Gasteiger partial charge on any atom is -0.493 e. The molecule has 7 nitrogen and oxygen atoms in total. The summed E-state index contributed by atoms with van der Waals surface area (Å²) in [6.45, 7) is 3.10. The Balaban J connectivity index is 1.50. The summed E-state index contributed by atoms with van der Waals surface area (Å²) in [7, 11) is 3.52. The number of rotatable bonds is 8. The van der Waals surface area contributed by atoms with Crippen molar-refractivity contribution in [2.24, 2.45) is 5.92 Å². The lowest BCUT2D eigenvalue weighted by atomic mass is 9.99. The minimum atomic E-state index is 0.146. The molecule has 1 atom stereocenters. The van der Waals surface area contributed by atoms with Gasteiger partial charge in [0.1, 0.15) is 0 Å². The number of piperidine rings is 1. The van der Waals surface area contributed by atoms with E-state index in [1.165, 1.54) is 0 Å². The standard InChI is InChI=1S/C23H28N4O3/c1-26(14-18-7-9-25-10-8-18)16-23(28)27-11-3-4-20(15-27)17-30-21-6-5-19(13-24)12-22(21)29-2/h5-10,12,20H,3-4,11,14-17H2,1-2H3. The predicted octanol–water partition coefficient (Wildman–Crippen LogP) is 2.71. The summed E-state index contributed by atoms with van der Waals surface area (Å²) in [5, 5.41) is 9.02. The zero-order chi connectivity index (χ0) is 21.3. The third-order valence-corrected chi connectivity index (χ3v) is 5.25. The van der Waals surface area contributed by atoms with E-state index in [1.54, 1.807) is 37.7 Å². The quantitative estimate of drug-likeness (QED) is 0.668. The summed E-state index contributed by atoms with van der Waals surface area (Å²) in [5.74, 6) is 1.59. The molecule has 1 saturated heterocycles. The Hall–Kier alpha value is -3.11. The Morgan fingerprint density at radius 1 is 1.30 bits per heavy atom. The molecule has 0 spiro atoms. The highest BCUT2D eigenvalue weighted by atomic mass is 16.5. The molecule has 0 N–H and O–H groups in total. The number of nitriles is 1. The first-order chi connectivity index (χ1) is 14.6. The maximum atomic E-state index is 12.8. The van der Waals surface area contributed by atoms with Crippen LogP contribution in [-0.2, 0) is 11.3 Å². The van der Waals surface area contributed by atoms with Gasteiger partial charge in [0.25, 0.3) is 0 Å². The third kappa shape index (κ3) is 5.94. The zero-order valence-corrected chi connectivity index (χ0v) is 17.6.